The average Bonchev–Trinajstić information content (AvgIpc) is 2.87. The zero-order valence-corrected chi connectivity index (χ0v) is 13.8. The minimum absolute atomic E-state index is 0.125. The number of nitrogens with zero attached hydrogens (tertiary/aromatic N) is 3. The van der Waals surface area contributed by atoms with Crippen molar-refractivity contribution in [3.8, 4) is 11.3 Å². The largest absolute Gasteiger partial charge is 0.254 e. The van der Waals surface area contributed by atoms with Crippen molar-refractivity contribution < 1.29 is 8.42 Å². The molecule has 20 heavy (non-hydrogen) atoms. The fourth-order valence-electron chi connectivity index (χ4n) is 1.65. The van der Waals surface area contributed by atoms with Gasteiger partial charge in [0, 0.05) is 13.6 Å². The summed E-state index contributed by atoms with van der Waals surface area (Å²) in [6, 6.07) is 10.1. The van der Waals surface area contributed by atoms with Crippen LogP contribution in [-0.4, -0.2) is 36.6 Å². The first-order chi connectivity index (χ1) is 9.28. The molecule has 0 amide bonds. The van der Waals surface area contributed by atoms with E-state index in [-0.39, 0.29) is 5.75 Å². The van der Waals surface area contributed by atoms with E-state index in [4.69, 9.17) is 0 Å². The fourth-order valence-corrected chi connectivity index (χ4v) is 5.73. The minimum atomic E-state index is -3.40. The minimum Gasteiger partial charge on any atom is -0.205 e. The molecule has 2 aromatic rings. The standard InChI is InChI=1S/C13H19N3O2SSi/c1-20(2,3)10-9-19(17,18)16-11-13(14-15-16)12-7-5-4-6-8-12/h4-8,11H,9-10H2,1-3H3. The van der Waals surface area contributed by atoms with Crippen LogP contribution in [0.2, 0.25) is 25.7 Å². The van der Waals surface area contributed by atoms with Gasteiger partial charge in [0.15, 0.2) is 0 Å². The lowest BCUT2D eigenvalue weighted by molar-refractivity contribution is 0.578. The summed E-state index contributed by atoms with van der Waals surface area (Å²) in [4.78, 5) is 0. The first kappa shape index (κ1) is 14.9. The first-order valence-corrected chi connectivity index (χ1v) is 11.8. The van der Waals surface area contributed by atoms with Crippen LogP contribution in [-0.2, 0) is 10.0 Å². The van der Waals surface area contributed by atoms with Gasteiger partial charge in [-0.1, -0.05) is 55.2 Å². The molecule has 5 nitrogen and oxygen atoms in total. The van der Waals surface area contributed by atoms with E-state index in [0.717, 1.165) is 15.7 Å². The molecule has 0 aliphatic heterocycles. The highest BCUT2D eigenvalue weighted by atomic mass is 32.2. The molecule has 108 valence electrons. The molecule has 0 bridgehead atoms. The summed E-state index contributed by atoms with van der Waals surface area (Å²) in [5, 5.41) is 7.70. The SMILES string of the molecule is C[Si](C)(C)CCS(=O)(=O)n1cc(-c2ccccc2)nn1. The zero-order chi connectivity index (χ0) is 14.8. The summed E-state index contributed by atoms with van der Waals surface area (Å²) in [6.07, 6.45) is 1.48. The van der Waals surface area contributed by atoms with E-state index >= 15 is 0 Å². The summed E-state index contributed by atoms with van der Waals surface area (Å²) >= 11 is 0. The molecule has 0 N–H and O–H groups in total. The molecule has 0 unspecified atom stereocenters. The van der Waals surface area contributed by atoms with Crippen molar-refractivity contribution in [1.82, 2.24) is 14.4 Å². The Balaban J connectivity index is 2.20. The van der Waals surface area contributed by atoms with Gasteiger partial charge in [-0.25, -0.2) is 8.42 Å². The highest BCUT2D eigenvalue weighted by Crippen LogP contribution is 2.17. The molecular weight excluding hydrogens is 290 g/mol. The van der Waals surface area contributed by atoms with E-state index in [2.05, 4.69) is 30.0 Å². The van der Waals surface area contributed by atoms with Gasteiger partial charge in [0.1, 0.15) is 5.69 Å². The molecule has 1 heterocycles. The van der Waals surface area contributed by atoms with Crippen molar-refractivity contribution in [3.05, 3.63) is 36.5 Å². The Hall–Kier alpha value is -1.47. The number of hydrogen-bond acceptors (Lipinski definition) is 4. The Morgan fingerprint density at radius 3 is 2.40 bits per heavy atom. The van der Waals surface area contributed by atoms with Crippen LogP contribution < -0.4 is 0 Å². The topological polar surface area (TPSA) is 64.8 Å². The lowest BCUT2D eigenvalue weighted by Gasteiger charge is -2.14. The predicted octanol–water partition coefficient (Wildman–Crippen LogP) is 2.46. The van der Waals surface area contributed by atoms with Crippen molar-refractivity contribution >= 4 is 18.1 Å². The van der Waals surface area contributed by atoms with E-state index in [9.17, 15) is 8.42 Å². The molecule has 0 saturated carbocycles. The van der Waals surface area contributed by atoms with E-state index in [1.54, 1.807) is 0 Å². The number of aromatic nitrogens is 3. The van der Waals surface area contributed by atoms with E-state index in [1.807, 2.05) is 30.3 Å². The molecule has 0 radical (unpaired) electrons. The monoisotopic (exact) mass is 309 g/mol. The molecule has 0 fully saturated rings. The molecule has 1 aromatic carbocycles. The molecule has 0 atom stereocenters. The zero-order valence-electron chi connectivity index (χ0n) is 11.9. The number of rotatable bonds is 5. The van der Waals surface area contributed by atoms with Gasteiger partial charge in [-0.15, -0.1) is 9.19 Å². The summed E-state index contributed by atoms with van der Waals surface area (Å²) in [5.74, 6) is 0.125. The summed E-state index contributed by atoms with van der Waals surface area (Å²) in [7, 11) is -4.80. The third-order valence-electron chi connectivity index (χ3n) is 2.94. The second-order valence-electron chi connectivity index (χ2n) is 5.97. The maximum Gasteiger partial charge on any atom is 0.254 e. The maximum absolute atomic E-state index is 12.2. The normalized spacial score (nSPS) is 12.6. The number of hydrogen-bond donors (Lipinski definition) is 0. The molecule has 0 saturated heterocycles. The van der Waals surface area contributed by atoms with Gasteiger partial charge in [-0.05, 0) is 6.04 Å². The predicted molar refractivity (Wildman–Crippen MR) is 82.8 cm³/mol. The second-order valence-corrected chi connectivity index (χ2v) is 13.5. The van der Waals surface area contributed by atoms with Crippen molar-refractivity contribution in [2.24, 2.45) is 0 Å². The van der Waals surface area contributed by atoms with Gasteiger partial charge < -0.3 is 0 Å². The lowest BCUT2D eigenvalue weighted by Crippen LogP contribution is -2.26. The maximum atomic E-state index is 12.2. The molecule has 2 rings (SSSR count). The molecule has 7 heteroatoms. The summed E-state index contributed by atoms with van der Waals surface area (Å²) in [5.41, 5.74) is 1.43. The van der Waals surface area contributed by atoms with E-state index in [0.29, 0.717) is 5.69 Å². The first-order valence-electron chi connectivity index (χ1n) is 6.49. The Kier molecular flexibility index (Phi) is 4.10. The Labute approximate surface area is 120 Å². The summed E-state index contributed by atoms with van der Waals surface area (Å²) in [6.45, 7) is 6.46. The highest BCUT2D eigenvalue weighted by molar-refractivity contribution is 7.89. The van der Waals surface area contributed by atoms with Crippen LogP contribution >= 0.6 is 0 Å². The Bertz CT molecular complexity index is 675. The third kappa shape index (κ3) is 3.77. The van der Waals surface area contributed by atoms with Gasteiger partial charge in [-0.3, -0.25) is 0 Å². The van der Waals surface area contributed by atoms with E-state index in [1.165, 1.54) is 6.20 Å². The molecule has 0 aliphatic rings. The van der Waals surface area contributed by atoms with Crippen molar-refractivity contribution in [3.63, 3.8) is 0 Å². The van der Waals surface area contributed by atoms with E-state index < -0.39 is 18.1 Å². The van der Waals surface area contributed by atoms with Crippen LogP contribution in [0, 0.1) is 0 Å². The average molecular weight is 309 g/mol. The quantitative estimate of drug-likeness (QED) is 0.796. The van der Waals surface area contributed by atoms with Crippen molar-refractivity contribution in [1.29, 1.82) is 0 Å². The highest BCUT2D eigenvalue weighted by Gasteiger charge is 2.21. The van der Waals surface area contributed by atoms with Crippen LogP contribution in [0.4, 0.5) is 0 Å². The summed E-state index contributed by atoms with van der Waals surface area (Å²) < 4.78 is 25.4. The number of benzene rings is 1. The third-order valence-corrected chi connectivity index (χ3v) is 6.52. The van der Waals surface area contributed by atoms with Crippen LogP contribution in [0.25, 0.3) is 11.3 Å². The second kappa shape index (κ2) is 5.49. The smallest absolute Gasteiger partial charge is 0.205 e. The molecule has 0 aliphatic carbocycles. The van der Waals surface area contributed by atoms with Crippen molar-refractivity contribution in [2.75, 3.05) is 5.75 Å². The van der Waals surface area contributed by atoms with Crippen LogP contribution in [0.15, 0.2) is 36.5 Å². The van der Waals surface area contributed by atoms with Crippen LogP contribution in [0.5, 0.6) is 0 Å². The van der Waals surface area contributed by atoms with Gasteiger partial charge >= 0.3 is 0 Å². The molecule has 1 aromatic heterocycles. The molecule has 0 spiro atoms. The van der Waals surface area contributed by atoms with Gasteiger partial charge in [0.25, 0.3) is 10.0 Å². The van der Waals surface area contributed by atoms with Gasteiger partial charge in [-0.2, -0.15) is 0 Å². The van der Waals surface area contributed by atoms with Crippen LogP contribution in [0.3, 0.4) is 0 Å². The fraction of sp³-hybridized carbons (Fsp3) is 0.385. The lowest BCUT2D eigenvalue weighted by atomic mass is 10.2. The molecular formula is C13H19N3O2SSi. The van der Waals surface area contributed by atoms with Crippen LogP contribution in [0.1, 0.15) is 0 Å². The van der Waals surface area contributed by atoms with Gasteiger partial charge in [0.2, 0.25) is 0 Å². The Morgan fingerprint density at radius 2 is 1.80 bits per heavy atom. The van der Waals surface area contributed by atoms with Gasteiger partial charge in [0.05, 0.1) is 11.9 Å². The Morgan fingerprint density at radius 1 is 1.15 bits per heavy atom. The van der Waals surface area contributed by atoms with Crippen molar-refractivity contribution in [2.45, 2.75) is 25.7 Å².